The quantitative estimate of drug-likeness (QED) is 0.725. The highest BCUT2D eigenvalue weighted by Gasteiger charge is 2.25. The van der Waals surface area contributed by atoms with Crippen molar-refractivity contribution in [3.63, 3.8) is 0 Å². The molecule has 24 heavy (non-hydrogen) atoms. The normalized spacial score (nSPS) is 15.0. The molecule has 2 aromatic rings. The van der Waals surface area contributed by atoms with E-state index in [-0.39, 0.29) is 6.10 Å². The molecule has 2 rings (SSSR count). The van der Waals surface area contributed by atoms with Gasteiger partial charge in [0.05, 0.1) is 0 Å². The number of benzene rings is 2. The lowest BCUT2D eigenvalue weighted by molar-refractivity contribution is 0.176. The summed E-state index contributed by atoms with van der Waals surface area (Å²) >= 11 is 0. The van der Waals surface area contributed by atoms with Crippen molar-refractivity contribution in [2.75, 3.05) is 20.7 Å². The van der Waals surface area contributed by atoms with Crippen LogP contribution in [0.25, 0.3) is 0 Å². The molecule has 0 aromatic heterocycles. The van der Waals surface area contributed by atoms with Crippen LogP contribution in [0.1, 0.15) is 23.7 Å². The predicted molar refractivity (Wildman–Crippen MR) is 95.1 cm³/mol. The summed E-state index contributed by atoms with van der Waals surface area (Å²) < 4.78 is 24.0. The number of aryl methyl sites for hydroxylation is 1. The first-order valence-corrected chi connectivity index (χ1v) is 9.34. The molecule has 6 heteroatoms. The third-order valence-corrected chi connectivity index (χ3v) is 5.46. The van der Waals surface area contributed by atoms with Gasteiger partial charge in [0.15, 0.2) is 0 Å². The molecule has 1 N–H and O–H groups in total. The minimum Gasteiger partial charge on any atom is -0.485 e. The highest BCUT2D eigenvalue weighted by Crippen LogP contribution is 2.44. The monoisotopic (exact) mass is 349 g/mol. The molecule has 0 saturated heterocycles. The Balaban J connectivity index is 2.15. The number of hydrogen-bond acceptors (Lipinski definition) is 3. The van der Waals surface area contributed by atoms with E-state index in [4.69, 9.17) is 4.74 Å². The number of ether oxygens (including phenoxy) is 1. The van der Waals surface area contributed by atoms with Crippen molar-refractivity contribution in [2.45, 2.75) is 19.4 Å². The lowest BCUT2D eigenvalue weighted by Gasteiger charge is -2.25. The van der Waals surface area contributed by atoms with Crippen LogP contribution < -0.4 is 4.74 Å². The Labute approximate surface area is 143 Å². The fraction of sp³-hybridized carbons (Fsp3) is 0.333. The number of nitrogens with zero attached hydrogens (tertiary/aromatic N) is 1. The van der Waals surface area contributed by atoms with Gasteiger partial charge in [-0.3, -0.25) is 0 Å². The molecule has 2 unspecified atom stereocenters. The fourth-order valence-electron chi connectivity index (χ4n) is 2.37. The highest BCUT2D eigenvalue weighted by molar-refractivity contribution is 7.50. The van der Waals surface area contributed by atoms with Gasteiger partial charge >= 0.3 is 7.75 Å². The Morgan fingerprint density at radius 3 is 2.38 bits per heavy atom. The molecule has 0 heterocycles. The van der Waals surface area contributed by atoms with Crippen LogP contribution in [0.15, 0.2) is 54.6 Å². The van der Waals surface area contributed by atoms with Crippen LogP contribution in [0.3, 0.4) is 0 Å². The van der Waals surface area contributed by atoms with Crippen LogP contribution in [-0.4, -0.2) is 30.3 Å². The molecule has 0 aliphatic carbocycles. The summed E-state index contributed by atoms with van der Waals surface area (Å²) in [5, 5.41) is 0. The maximum Gasteiger partial charge on any atom is 0.405 e. The molecular weight excluding hydrogens is 325 g/mol. The van der Waals surface area contributed by atoms with Crippen LogP contribution in [0, 0.1) is 6.92 Å². The molecule has 5 nitrogen and oxygen atoms in total. The fourth-order valence-corrected chi connectivity index (χ4v) is 3.02. The van der Waals surface area contributed by atoms with E-state index in [0.29, 0.717) is 13.0 Å². The molecule has 0 amide bonds. The van der Waals surface area contributed by atoms with Crippen LogP contribution in [-0.2, 0) is 9.09 Å². The number of hydrogen-bond donors (Lipinski definition) is 1. The molecule has 2 atom stereocenters. The Kier molecular flexibility index (Phi) is 6.58. The molecule has 0 saturated carbocycles. The van der Waals surface area contributed by atoms with Gasteiger partial charge in [0.1, 0.15) is 11.9 Å². The summed E-state index contributed by atoms with van der Waals surface area (Å²) in [4.78, 5) is 9.73. The molecule has 0 spiro atoms. The van der Waals surface area contributed by atoms with E-state index in [1.54, 1.807) is 7.05 Å². The molecule has 0 radical (unpaired) electrons. The minimum absolute atomic E-state index is 0.216. The minimum atomic E-state index is -3.73. The van der Waals surface area contributed by atoms with Crippen LogP contribution in [0.2, 0.25) is 0 Å². The first kappa shape index (κ1) is 18.7. The van der Waals surface area contributed by atoms with E-state index in [1.807, 2.05) is 61.5 Å². The van der Waals surface area contributed by atoms with Crippen molar-refractivity contribution in [2.24, 2.45) is 0 Å². The van der Waals surface area contributed by atoms with E-state index in [0.717, 1.165) is 16.9 Å². The highest BCUT2D eigenvalue weighted by atomic mass is 31.2. The van der Waals surface area contributed by atoms with Crippen LogP contribution in [0.4, 0.5) is 0 Å². The second-order valence-corrected chi connectivity index (χ2v) is 7.65. The maximum atomic E-state index is 11.9. The van der Waals surface area contributed by atoms with Crippen LogP contribution in [0.5, 0.6) is 5.75 Å². The topological polar surface area (TPSA) is 59.0 Å². The Morgan fingerprint density at radius 1 is 1.12 bits per heavy atom. The summed E-state index contributed by atoms with van der Waals surface area (Å²) in [6.45, 7) is 2.36. The van der Waals surface area contributed by atoms with Crippen molar-refractivity contribution in [1.29, 1.82) is 0 Å². The lowest BCUT2D eigenvalue weighted by Crippen LogP contribution is -2.21. The summed E-state index contributed by atoms with van der Waals surface area (Å²) in [6, 6.07) is 17.7. The standard InChI is InChI=1S/C18H24NO4P/c1-15-9-7-8-12-17(15)23-18(16-10-5-4-6-11-16)13-14-19(2)24(20,21)22-3/h4-12,18H,13-14H2,1-3H3,(H,20,21). The van der Waals surface area contributed by atoms with Crippen molar-refractivity contribution < 1.29 is 18.7 Å². The van der Waals surface area contributed by atoms with Gasteiger partial charge < -0.3 is 14.2 Å². The molecule has 130 valence electrons. The van der Waals surface area contributed by atoms with Gasteiger partial charge in [-0.25, -0.2) is 9.24 Å². The smallest absolute Gasteiger partial charge is 0.405 e. The van der Waals surface area contributed by atoms with Gasteiger partial charge in [0, 0.05) is 20.1 Å². The Hall–Kier alpha value is -1.65. The van der Waals surface area contributed by atoms with Crippen molar-refractivity contribution in [3.8, 4) is 5.75 Å². The maximum absolute atomic E-state index is 11.9. The zero-order valence-corrected chi connectivity index (χ0v) is 15.1. The van der Waals surface area contributed by atoms with Gasteiger partial charge in [0.25, 0.3) is 0 Å². The molecule has 0 bridgehead atoms. The summed E-state index contributed by atoms with van der Waals surface area (Å²) in [5.41, 5.74) is 2.08. The van der Waals surface area contributed by atoms with Crippen molar-refractivity contribution in [1.82, 2.24) is 4.67 Å². The van der Waals surface area contributed by atoms with E-state index in [2.05, 4.69) is 4.52 Å². The molecular formula is C18H24NO4P. The molecule has 0 fully saturated rings. The van der Waals surface area contributed by atoms with E-state index in [9.17, 15) is 9.46 Å². The SMILES string of the molecule is COP(=O)(O)N(C)CCC(Oc1ccccc1C)c1ccccc1. The lowest BCUT2D eigenvalue weighted by atomic mass is 10.1. The average molecular weight is 349 g/mol. The van der Waals surface area contributed by atoms with Crippen molar-refractivity contribution in [3.05, 3.63) is 65.7 Å². The largest absolute Gasteiger partial charge is 0.485 e. The third kappa shape index (κ3) is 4.92. The number of para-hydroxylation sites is 1. The molecule has 0 aliphatic rings. The molecule has 2 aromatic carbocycles. The zero-order valence-electron chi connectivity index (χ0n) is 14.3. The first-order chi connectivity index (χ1) is 11.4. The van der Waals surface area contributed by atoms with E-state index < -0.39 is 7.75 Å². The van der Waals surface area contributed by atoms with Gasteiger partial charge in [-0.05, 0) is 31.2 Å². The summed E-state index contributed by atoms with van der Waals surface area (Å²) in [6.07, 6.45) is 0.342. The molecule has 0 aliphatic heterocycles. The second-order valence-electron chi connectivity index (χ2n) is 5.63. The van der Waals surface area contributed by atoms with Gasteiger partial charge in [0.2, 0.25) is 0 Å². The summed E-state index contributed by atoms with van der Waals surface area (Å²) in [5.74, 6) is 0.813. The van der Waals surface area contributed by atoms with Gasteiger partial charge in [-0.2, -0.15) is 0 Å². The second kappa shape index (κ2) is 8.45. The van der Waals surface area contributed by atoms with E-state index in [1.165, 1.54) is 11.8 Å². The zero-order chi connectivity index (χ0) is 17.6. The number of rotatable bonds is 8. The van der Waals surface area contributed by atoms with Crippen LogP contribution >= 0.6 is 7.75 Å². The first-order valence-electron chi connectivity index (χ1n) is 7.81. The van der Waals surface area contributed by atoms with E-state index >= 15 is 0 Å². The Morgan fingerprint density at radius 2 is 1.75 bits per heavy atom. The van der Waals surface area contributed by atoms with Crippen molar-refractivity contribution >= 4 is 7.75 Å². The average Bonchev–Trinajstić information content (AvgIpc) is 2.60. The predicted octanol–water partition coefficient (Wildman–Crippen LogP) is 4.18. The van der Waals surface area contributed by atoms with Gasteiger partial charge in [-0.15, -0.1) is 0 Å². The Bertz CT molecular complexity index is 692. The van der Waals surface area contributed by atoms with Gasteiger partial charge in [-0.1, -0.05) is 48.5 Å². The third-order valence-electron chi connectivity index (χ3n) is 3.92. The summed E-state index contributed by atoms with van der Waals surface area (Å²) in [7, 11) is -0.925.